The second kappa shape index (κ2) is 12.0. The first-order valence-electron chi connectivity index (χ1n) is 14.5. The summed E-state index contributed by atoms with van der Waals surface area (Å²) in [6, 6.07) is 16.9. The van der Waals surface area contributed by atoms with Gasteiger partial charge in [-0.15, -0.1) is 0 Å². The predicted molar refractivity (Wildman–Crippen MR) is 164 cm³/mol. The van der Waals surface area contributed by atoms with Gasteiger partial charge in [-0.05, 0) is 79.1 Å². The van der Waals surface area contributed by atoms with Gasteiger partial charge in [0.15, 0.2) is 0 Å². The number of carbonyl (C=O) groups is 2. The average Bonchev–Trinajstić information content (AvgIpc) is 3.33. The Balaban J connectivity index is 1.56. The van der Waals surface area contributed by atoms with Crippen LogP contribution in [-0.2, 0) is 13.0 Å². The number of nitrogens with zero attached hydrogens (tertiary/aromatic N) is 1. The maximum absolute atomic E-state index is 13.3. The molecule has 5 N–H and O–H groups in total. The van der Waals surface area contributed by atoms with Crippen LogP contribution in [-0.4, -0.2) is 33.9 Å². The third-order valence-corrected chi connectivity index (χ3v) is 8.34. The monoisotopic (exact) mass is 550 g/mol. The minimum absolute atomic E-state index is 0.0255. The highest BCUT2D eigenvalue weighted by Gasteiger charge is 2.20. The number of aromatic carboxylic acids is 1. The van der Waals surface area contributed by atoms with Crippen LogP contribution in [0.25, 0.3) is 22.0 Å². The summed E-state index contributed by atoms with van der Waals surface area (Å²) >= 11 is 0. The van der Waals surface area contributed by atoms with Crippen molar-refractivity contribution in [2.24, 2.45) is 11.7 Å². The zero-order valence-corrected chi connectivity index (χ0v) is 23.8. The number of aryl methyl sites for hydroxylation is 2. The van der Waals surface area contributed by atoms with Crippen molar-refractivity contribution in [1.29, 1.82) is 5.41 Å². The minimum Gasteiger partial charge on any atom is -0.478 e. The predicted octanol–water partition coefficient (Wildman–Crippen LogP) is 6.52. The van der Waals surface area contributed by atoms with Crippen LogP contribution in [0, 0.1) is 18.3 Å². The Bertz CT molecular complexity index is 1630. The van der Waals surface area contributed by atoms with E-state index >= 15 is 0 Å². The molecular formula is C34H38N4O3. The Morgan fingerprint density at radius 3 is 2.44 bits per heavy atom. The van der Waals surface area contributed by atoms with Crippen molar-refractivity contribution in [3.05, 3.63) is 94.2 Å². The third-order valence-electron chi connectivity index (χ3n) is 8.34. The number of carbonyl (C=O) groups excluding carboxylic acids is 1. The first kappa shape index (κ1) is 28.1. The molecule has 1 heterocycles. The molecule has 1 aliphatic rings. The first-order valence-corrected chi connectivity index (χ1v) is 14.5. The quantitative estimate of drug-likeness (QED) is 0.140. The summed E-state index contributed by atoms with van der Waals surface area (Å²) in [5.41, 5.74) is 12.4. The Hall–Kier alpha value is -4.39. The fourth-order valence-corrected chi connectivity index (χ4v) is 6.07. The van der Waals surface area contributed by atoms with Gasteiger partial charge in [-0.2, -0.15) is 0 Å². The molecule has 0 unspecified atom stereocenters. The largest absolute Gasteiger partial charge is 0.478 e. The van der Waals surface area contributed by atoms with Gasteiger partial charge in [0.2, 0.25) is 0 Å². The van der Waals surface area contributed by atoms with E-state index in [-0.39, 0.29) is 17.3 Å². The van der Waals surface area contributed by atoms with Gasteiger partial charge in [0.1, 0.15) is 5.84 Å². The zero-order valence-electron chi connectivity index (χ0n) is 23.8. The summed E-state index contributed by atoms with van der Waals surface area (Å²) in [5, 5.41) is 22.1. The van der Waals surface area contributed by atoms with E-state index in [1.165, 1.54) is 19.3 Å². The second-order valence-electron chi connectivity index (χ2n) is 11.2. The van der Waals surface area contributed by atoms with Gasteiger partial charge in [-0.3, -0.25) is 10.2 Å². The van der Waals surface area contributed by atoms with Crippen LogP contribution < -0.4 is 11.1 Å². The normalized spacial score (nSPS) is 13.8. The molecule has 212 valence electrons. The van der Waals surface area contributed by atoms with Crippen LogP contribution in [0.3, 0.4) is 0 Å². The van der Waals surface area contributed by atoms with Crippen molar-refractivity contribution in [1.82, 2.24) is 9.88 Å². The summed E-state index contributed by atoms with van der Waals surface area (Å²) in [7, 11) is 0. The number of nitrogens with one attached hydrogen (secondary N) is 2. The lowest BCUT2D eigenvalue weighted by molar-refractivity contribution is 0.0697. The van der Waals surface area contributed by atoms with Crippen molar-refractivity contribution in [2.45, 2.75) is 58.9 Å². The number of hydrogen-bond acceptors (Lipinski definition) is 3. The van der Waals surface area contributed by atoms with Crippen LogP contribution in [0.1, 0.15) is 82.0 Å². The molecule has 1 saturated carbocycles. The first-order chi connectivity index (χ1) is 19.7. The molecule has 1 aromatic heterocycles. The third kappa shape index (κ3) is 6.04. The van der Waals surface area contributed by atoms with E-state index in [9.17, 15) is 14.7 Å². The van der Waals surface area contributed by atoms with Gasteiger partial charge in [0.25, 0.3) is 5.91 Å². The van der Waals surface area contributed by atoms with Crippen molar-refractivity contribution in [2.75, 3.05) is 6.54 Å². The standard InChI is InChI=1S/C34H38N4O3/c1-3-38-20-26(27-14-12-24(32(35)36)18-31(27)38)16-23-10-11-25(33(39)37-19-22-7-5-4-6-8-22)17-29(23)28-13-9-21(2)15-30(28)34(40)41/h9-15,17-18,20,22H,3-8,16,19H2,1-2H3,(H3,35,36)(H,37,39)(H,40,41). The highest BCUT2D eigenvalue weighted by atomic mass is 16.4. The van der Waals surface area contributed by atoms with Crippen LogP contribution in [0.2, 0.25) is 0 Å². The number of carboxylic acids is 1. The van der Waals surface area contributed by atoms with Gasteiger partial charge in [-0.25, -0.2) is 4.79 Å². The molecule has 5 rings (SSSR count). The second-order valence-corrected chi connectivity index (χ2v) is 11.2. The Labute approximate surface area is 240 Å². The highest BCUT2D eigenvalue weighted by Crippen LogP contribution is 2.33. The van der Waals surface area contributed by atoms with E-state index in [4.69, 9.17) is 11.1 Å². The zero-order chi connectivity index (χ0) is 29.1. The molecule has 7 nitrogen and oxygen atoms in total. The van der Waals surface area contributed by atoms with E-state index in [0.717, 1.165) is 52.5 Å². The van der Waals surface area contributed by atoms with Gasteiger partial charge >= 0.3 is 5.97 Å². The maximum Gasteiger partial charge on any atom is 0.336 e. The lowest BCUT2D eigenvalue weighted by Crippen LogP contribution is -2.30. The smallest absolute Gasteiger partial charge is 0.336 e. The van der Waals surface area contributed by atoms with Crippen LogP contribution >= 0.6 is 0 Å². The van der Waals surface area contributed by atoms with Gasteiger partial charge in [-0.1, -0.05) is 55.2 Å². The lowest BCUT2D eigenvalue weighted by Gasteiger charge is -2.22. The summed E-state index contributed by atoms with van der Waals surface area (Å²) in [6.07, 6.45) is 8.66. The number of nitrogen functional groups attached to an aromatic ring is 1. The average molecular weight is 551 g/mol. The van der Waals surface area contributed by atoms with Crippen LogP contribution in [0.4, 0.5) is 0 Å². The molecule has 3 aromatic carbocycles. The number of aromatic nitrogens is 1. The number of carboxylic acid groups (broad SMARTS) is 1. The number of amides is 1. The van der Waals surface area contributed by atoms with Crippen molar-refractivity contribution >= 4 is 28.6 Å². The Morgan fingerprint density at radius 1 is 0.976 bits per heavy atom. The van der Waals surface area contributed by atoms with Crippen molar-refractivity contribution in [3.63, 3.8) is 0 Å². The fourth-order valence-electron chi connectivity index (χ4n) is 6.07. The molecule has 0 bridgehead atoms. The van der Waals surface area contributed by atoms with E-state index in [2.05, 4.69) is 23.0 Å². The number of rotatable bonds is 9. The van der Waals surface area contributed by atoms with Crippen molar-refractivity contribution in [3.8, 4) is 11.1 Å². The summed E-state index contributed by atoms with van der Waals surface area (Å²) in [6.45, 7) is 5.37. The summed E-state index contributed by atoms with van der Waals surface area (Å²) < 4.78 is 2.14. The molecule has 1 aliphatic carbocycles. The van der Waals surface area contributed by atoms with Crippen LogP contribution in [0.5, 0.6) is 0 Å². The van der Waals surface area contributed by atoms with E-state index in [1.54, 1.807) is 6.07 Å². The molecule has 0 aliphatic heterocycles. The van der Waals surface area contributed by atoms with Gasteiger partial charge in [0, 0.05) is 47.7 Å². The molecular weight excluding hydrogens is 512 g/mol. The van der Waals surface area contributed by atoms with E-state index in [0.29, 0.717) is 35.6 Å². The number of nitrogens with two attached hydrogens (primary N) is 1. The number of amidine groups is 1. The molecule has 4 aromatic rings. The molecule has 0 atom stereocenters. The maximum atomic E-state index is 13.3. The topological polar surface area (TPSA) is 121 Å². The molecule has 1 fully saturated rings. The molecule has 0 saturated heterocycles. The minimum atomic E-state index is -0.999. The highest BCUT2D eigenvalue weighted by molar-refractivity contribution is 6.01. The summed E-state index contributed by atoms with van der Waals surface area (Å²) in [5.74, 6) is -0.591. The summed E-state index contributed by atoms with van der Waals surface area (Å²) in [4.78, 5) is 25.6. The lowest BCUT2D eigenvalue weighted by atomic mass is 9.88. The fraction of sp³-hybridized carbons (Fsp3) is 0.324. The number of hydrogen-bond donors (Lipinski definition) is 4. The molecule has 1 amide bonds. The SMILES string of the molecule is CCn1cc(Cc2ccc(C(=O)NCC3CCCCC3)cc2-c2ccc(C)cc2C(=O)O)c2ccc(C(=N)N)cc21. The molecule has 0 radical (unpaired) electrons. The molecule has 0 spiro atoms. The number of benzene rings is 3. The molecule has 41 heavy (non-hydrogen) atoms. The van der Waals surface area contributed by atoms with Gasteiger partial charge < -0.3 is 20.7 Å². The Kier molecular flexibility index (Phi) is 8.24. The van der Waals surface area contributed by atoms with E-state index in [1.807, 2.05) is 55.5 Å². The van der Waals surface area contributed by atoms with Gasteiger partial charge in [0.05, 0.1) is 5.56 Å². The molecule has 7 heteroatoms. The van der Waals surface area contributed by atoms with Crippen LogP contribution in [0.15, 0.2) is 60.8 Å². The van der Waals surface area contributed by atoms with E-state index < -0.39 is 5.97 Å². The Morgan fingerprint density at radius 2 is 1.73 bits per heavy atom. The number of fused-ring (bicyclic) bond motifs is 1. The van der Waals surface area contributed by atoms with Crippen molar-refractivity contribution < 1.29 is 14.7 Å².